The molecule has 1 aromatic heterocycles. The number of hydrogen-bond acceptors (Lipinski definition) is 6. The van der Waals surface area contributed by atoms with Crippen molar-refractivity contribution in [3.8, 4) is 23.4 Å². The molecule has 0 amide bonds. The summed E-state index contributed by atoms with van der Waals surface area (Å²) in [6.45, 7) is 4.00. The van der Waals surface area contributed by atoms with Crippen molar-refractivity contribution in [2.24, 2.45) is 5.73 Å². The molecule has 0 fully saturated rings. The molecule has 0 saturated heterocycles. The average molecular weight is 455 g/mol. The summed E-state index contributed by atoms with van der Waals surface area (Å²) < 4.78 is 31.2. The zero-order valence-electron chi connectivity index (χ0n) is 17.4. The number of aromatic amines is 1. The van der Waals surface area contributed by atoms with Crippen LogP contribution in [0, 0.1) is 24.1 Å². The van der Waals surface area contributed by atoms with E-state index in [-0.39, 0.29) is 28.6 Å². The van der Waals surface area contributed by atoms with Crippen LogP contribution in [0.1, 0.15) is 35.2 Å². The van der Waals surface area contributed by atoms with Gasteiger partial charge >= 0.3 is 0 Å². The molecule has 0 aliphatic carbocycles. The zero-order valence-corrected chi connectivity index (χ0v) is 18.2. The van der Waals surface area contributed by atoms with Crippen LogP contribution in [0.25, 0.3) is 0 Å². The number of halogens is 2. The molecule has 0 spiro atoms. The average Bonchev–Trinajstić information content (AvgIpc) is 3.13. The lowest BCUT2D eigenvalue weighted by Gasteiger charge is -2.24. The normalized spacial score (nSPS) is 15.0. The Bertz CT molecular complexity index is 1230. The predicted octanol–water partition coefficient (Wildman–Crippen LogP) is 4.71. The molecule has 0 radical (unpaired) electrons. The molecule has 4 rings (SSSR count). The Morgan fingerprint density at radius 1 is 1.28 bits per heavy atom. The standard InChI is InChI=1S/C23H20ClFN4O3/c1-3-30-19-9-13(7-8-18(19)31-11-15-16(24)5-4-6-17(15)25)21-14(10-26)22(27)32-23-20(21)12(2)28-29-23/h4-9,21H,3,11,27H2,1-2H3,(H,28,29)/t21-/m1/s1. The van der Waals surface area contributed by atoms with Gasteiger partial charge in [0, 0.05) is 16.8 Å². The summed E-state index contributed by atoms with van der Waals surface area (Å²) in [4.78, 5) is 0. The van der Waals surface area contributed by atoms with E-state index < -0.39 is 11.7 Å². The van der Waals surface area contributed by atoms with E-state index >= 15 is 0 Å². The molecule has 3 aromatic rings. The van der Waals surface area contributed by atoms with Crippen LogP contribution in [0.5, 0.6) is 17.4 Å². The van der Waals surface area contributed by atoms with Crippen molar-refractivity contribution in [3.63, 3.8) is 0 Å². The van der Waals surface area contributed by atoms with Crippen LogP contribution in [-0.2, 0) is 6.61 Å². The minimum atomic E-state index is -0.489. The number of benzene rings is 2. The van der Waals surface area contributed by atoms with Crippen LogP contribution in [0.15, 0.2) is 47.9 Å². The molecular weight excluding hydrogens is 435 g/mol. The topological polar surface area (TPSA) is 106 Å². The molecule has 7 nitrogen and oxygen atoms in total. The lowest BCUT2D eigenvalue weighted by molar-refractivity contribution is 0.265. The molecule has 0 saturated carbocycles. The maximum Gasteiger partial charge on any atom is 0.244 e. The summed E-state index contributed by atoms with van der Waals surface area (Å²) >= 11 is 6.10. The van der Waals surface area contributed by atoms with E-state index in [4.69, 9.17) is 31.5 Å². The number of rotatable bonds is 6. The van der Waals surface area contributed by atoms with Crippen molar-refractivity contribution in [2.75, 3.05) is 6.61 Å². The van der Waals surface area contributed by atoms with E-state index in [1.807, 2.05) is 13.8 Å². The van der Waals surface area contributed by atoms with Crippen LogP contribution < -0.4 is 19.9 Å². The molecule has 3 N–H and O–H groups in total. The highest BCUT2D eigenvalue weighted by atomic mass is 35.5. The lowest BCUT2D eigenvalue weighted by atomic mass is 9.84. The van der Waals surface area contributed by atoms with Gasteiger partial charge in [0.15, 0.2) is 11.5 Å². The number of ether oxygens (including phenoxy) is 3. The van der Waals surface area contributed by atoms with Crippen molar-refractivity contribution in [2.45, 2.75) is 26.4 Å². The highest BCUT2D eigenvalue weighted by molar-refractivity contribution is 6.31. The van der Waals surface area contributed by atoms with Gasteiger partial charge in [-0.25, -0.2) is 4.39 Å². The van der Waals surface area contributed by atoms with Gasteiger partial charge in [0.05, 0.1) is 17.5 Å². The van der Waals surface area contributed by atoms with E-state index in [1.54, 1.807) is 24.3 Å². The van der Waals surface area contributed by atoms with Gasteiger partial charge in [0.1, 0.15) is 24.1 Å². The largest absolute Gasteiger partial charge is 0.490 e. The Kier molecular flexibility index (Phi) is 5.93. The Morgan fingerprint density at radius 2 is 2.09 bits per heavy atom. The predicted molar refractivity (Wildman–Crippen MR) is 116 cm³/mol. The smallest absolute Gasteiger partial charge is 0.244 e. The van der Waals surface area contributed by atoms with Gasteiger partial charge in [0.25, 0.3) is 0 Å². The number of nitrogens with one attached hydrogen (secondary N) is 1. The number of fused-ring (bicyclic) bond motifs is 1. The molecular formula is C23H20ClFN4O3. The summed E-state index contributed by atoms with van der Waals surface area (Å²) in [5.74, 6) is 0.262. The maximum atomic E-state index is 14.1. The fourth-order valence-corrected chi connectivity index (χ4v) is 3.86. The third-order valence-electron chi connectivity index (χ3n) is 5.16. The quantitative estimate of drug-likeness (QED) is 0.558. The second-order valence-corrected chi connectivity index (χ2v) is 7.53. The summed E-state index contributed by atoms with van der Waals surface area (Å²) in [5, 5.41) is 17.0. The molecule has 1 atom stereocenters. The van der Waals surface area contributed by atoms with Crippen molar-refractivity contribution in [1.29, 1.82) is 5.26 Å². The molecule has 0 unspecified atom stereocenters. The van der Waals surface area contributed by atoms with Gasteiger partial charge in [-0.3, -0.25) is 5.10 Å². The molecule has 9 heteroatoms. The van der Waals surface area contributed by atoms with Gasteiger partial charge in [-0.1, -0.05) is 23.7 Å². The number of aryl methyl sites for hydroxylation is 1. The van der Waals surface area contributed by atoms with Crippen molar-refractivity contribution in [3.05, 3.63) is 81.1 Å². The molecule has 2 heterocycles. The molecule has 1 aliphatic heterocycles. The lowest BCUT2D eigenvalue weighted by Crippen LogP contribution is -2.21. The minimum absolute atomic E-state index is 0.00369. The fourth-order valence-electron chi connectivity index (χ4n) is 3.64. The molecule has 2 aromatic carbocycles. The number of aromatic nitrogens is 2. The number of H-pyrrole nitrogens is 1. The summed E-state index contributed by atoms with van der Waals surface area (Å²) in [5.41, 5.74) is 8.75. The first-order valence-electron chi connectivity index (χ1n) is 9.89. The number of nitrogens with zero attached hydrogens (tertiary/aromatic N) is 2. The third-order valence-corrected chi connectivity index (χ3v) is 5.52. The van der Waals surface area contributed by atoms with Crippen LogP contribution >= 0.6 is 11.6 Å². The Morgan fingerprint density at radius 3 is 2.81 bits per heavy atom. The number of hydrogen-bond donors (Lipinski definition) is 2. The van der Waals surface area contributed by atoms with E-state index in [0.29, 0.717) is 24.0 Å². The Labute approximate surface area is 189 Å². The third kappa shape index (κ3) is 3.83. The summed E-state index contributed by atoms with van der Waals surface area (Å²) in [7, 11) is 0. The van der Waals surface area contributed by atoms with Gasteiger partial charge in [-0.15, -0.1) is 5.10 Å². The molecule has 1 aliphatic rings. The molecule has 0 bridgehead atoms. The first-order valence-corrected chi connectivity index (χ1v) is 10.3. The zero-order chi connectivity index (χ0) is 22.8. The molecule has 32 heavy (non-hydrogen) atoms. The monoisotopic (exact) mass is 454 g/mol. The van der Waals surface area contributed by atoms with Crippen LogP contribution in [0.3, 0.4) is 0 Å². The van der Waals surface area contributed by atoms with Gasteiger partial charge in [-0.2, -0.15) is 5.26 Å². The van der Waals surface area contributed by atoms with Crippen LogP contribution in [0.4, 0.5) is 4.39 Å². The molecule has 164 valence electrons. The fraction of sp³-hybridized carbons (Fsp3) is 0.217. The summed E-state index contributed by atoms with van der Waals surface area (Å²) in [6, 6.07) is 11.9. The minimum Gasteiger partial charge on any atom is -0.490 e. The van der Waals surface area contributed by atoms with E-state index in [0.717, 1.165) is 16.8 Å². The number of nitriles is 1. The number of nitrogens with two attached hydrogens (primary N) is 1. The Hall–Kier alpha value is -3.70. The highest BCUT2D eigenvalue weighted by Gasteiger charge is 2.34. The van der Waals surface area contributed by atoms with E-state index in [1.165, 1.54) is 12.1 Å². The summed E-state index contributed by atoms with van der Waals surface area (Å²) in [6.07, 6.45) is 0. The first kappa shape index (κ1) is 21.5. The second kappa shape index (κ2) is 8.81. The van der Waals surface area contributed by atoms with Gasteiger partial charge in [0.2, 0.25) is 11.8 Å². The SMILES string of the molecule is CCOc1cc([C@@H]2C(C#N)=C(N)Oc3n[nH]c(C)c32)ccc1OCc1c(F)cccc1Cl. The van der Waals surface area contributed by atoms with Crippen LogP contribution in [0.2, 0.25) is 5.02 Å². The first-order chi connectivity index (χ1) is 15.4. The van der Waals surface area contributed by atoms with E-state index in [9.17, 15) is 9.65 Å². The van der Waals surface area contributed by atoms with Crippen LogP contribution in [-0.4, -0.2) is 16.8 Å². The van der Waals surface area contributed by atoms with E-state index in [2.05, 4.69) is 16.3 Å². The van der Waals surface area contributed by atoms with Gasteiger partial charge in [-0.05, 0) is 43.7 Å². The van der Waals surface area contributed by atoms with Crippen molar-refractivity contribution < 1.29 is 18.6 Å². The number of allylic oxidation sites excluding steroid dienone is 1. The second-order valence-electron chi connectivity index (χ2n) is 7.12. The van der Waals surface area contributed by atoms with Crippen molar-refractivity contribution in [1.82, 2.24) is 10.2 Å². The highest BCUT2D eigenvalue weighted by Crippen LogP contribution is 2.44. The Balaban J connectivity index is 1.72. The van der Waals surface area contributed by atoms with Gasteiger partial charge < -0.3 is 19.9 Å². The van der Waals surface area contributed by atoms with Crippen molar-refractivity contribution >= 4 is 11.6 Å². The maximum absolute atomic E-state index is 14.1.